The Kier molecular flexibility index (Phi) is 4.12. The molecule has 5 heteroatoms. The van der Waals surface area contributed by atoms with Crippen LogP contribution < -0.4 is 11.1 Å². The molecule has 1 fully saturated rings. The summed E-state index contributed by atoms with van der Waals surface area (Å²) in [5.74, 6) is 0.645. The van der Waals surface area contributed by atoms with Crippen molar-refractivity contribution in [2.45, 2.75) is 52.0 Å². The first-order valence-corrected chi connectivity index (χ1v) is 7.12. The molecule has 1 aliphatic rings. The molecule has 106 valence electrons. The zero-order valence-corrected chi connectivity index (χ0v) is 12.1. The minimum atomic E-state index is -0.0950. The highest BCUT2D eigenvalue weighted by molar-refractivity contribution is 5.98. The fourth-order valence-electron chi connectivity index (χ4n) is 2.99. The predicted molar refractivity (Wildman–Crippen MR) is 75.9 cm³/mol. The summed E-state index contributed by atoms with van der Waals surface area (Å²) < 4.78 is 1.57. The number of nitrogen functional groups attached to an aromatic ring is 1. The van der Waals surface area contributed by atoms with Gasteiger partial charge < -0.3 is 11.1 Å². The molecule has 5 nitrogen and oxygen atoms in total. The summed E-state index contributed by atoms with van der Waals surface area (Å²) in [6.45, 7) is 4.04. The van der Waals surface area contributed by atoms with Gasteiger partial charge in [-0.15, -0.1) is 0 Å². The summed E-state index contributed by atoms with van der Waals surface area (Å²) in [5, 5.41) is 7.30. The van der Waals surface area contributed by atoms with Crippen LogP contribution >= 0.6 is 0 Å². The normalized spacial score (nSPS) is 23.3. The molecule has 0 aromatic carbocycles. The smallest absolute Gasteiger partial charge is 0.271 e. The molecule has 1 aromatic heterocycles. The van der Waals surface area contributed by atoms with Crippen molar-refractivity contribution in [2.75, 3.05) is 5.73 Å². The summed E-state index contributed by atoms with van der Waals surface area (Å²) in [4.78, 5) is 12.3. The van der Waals surface area contributed by atoms with Crippen molar-refractivity contribution in [3.8, 4) is 0 Å². The Morgan fingerprint density at radius 1 is 1.53 bits per heavy atom. The molecule has 19 heavy (non-hydrogen) atoms. The number of aryl methyl sites for hydroxylation is 2. The first-order valence-electron chi connectivity index (χ1n) is 7.12. The maximum Gasteiger partial charge on any atom is 0.271 e. The lowest BCUT2D eigenvalue weighted by Crippen LogP contribution is -2.39. The van der Waals surface area contributed by atoms with Crippen molar-refractivity contribution in [1.29, 1.82) is 0 Å². The molecule has 3 N–H and O–H groups in total. The molecule has 0 bridgehead atoms. The Morgan fingerprint density at radius 2 is 2.26 bits per heavy atom. The second-order valence-corrected chi connectivity index (χ2v) is 5.58. The van der Waals surface area contributed by atoms with Crippen LogP contribution in [0.4, 0.5) is 5.69 Å². The highest BCUT2D eigenvalue weighted by Crippen LogP contribution is 2.27. The summed E-state index contributed by atoms with van der Waals surface area (Å²) in [6.07, 6.45) is 5.83. The van der Waals surface area contributed by atoms with Crippen molar-refractivity contribution in [3.63, 3.8) is 0 Å². The third kappa shape index (κ3) is 2.91. The molecule has 1 amide bonds. The molecular formula is C14H24N4O. The summed E-state index contributed by atoms with van der Waals surface area (Å²) >= 11 is 0. The quantitative estimate of drug-likeness (QED) is 0.877. The second-order valence-electron chi connectivity index (χ2n) is 5.58. The second kappa shape index (κ2) is 5.63. The molecule has 0 aliphatic heterocycles. The van der Waals surface area contributed by atoms with Gasteiger partial charge >= 0.3 is 0 Å². The average Bonchev–Trinajstić information content (AvgIpc) is 2.63. The molecule has 1 heterocycles. The molecule has 1 aliphatic carbocycles. The van der Waals surface area contributed by atoms with Gasteiger partial charge in [-0.1, -0.05) is 26.2 Å². The average molecular weight is 264 g/mol. The van der Waals surface area contributed by atoms with Crippen LogP contribution in [0.2, 0.25) is 0 Å². The van der Waals surface area contributed by atoms with Crippen LogP contribution in [0.25, 0.3) is 0 Å². The third-order valence-corrected chi connectivity index (χ3v) is 4.18. The van der Waals surface area contributed by atoms with E-state index in [-0.39, 0.29) is 11.9 Å². The Labute approximate surface area is 114 Å². The van der Waals surface area contributed by atoms with E-state index in [1.165, 1.54) is 19.3 Å². The van der Waals surface area contributed by atoms with Crippen molar-refractivity contribution < 1.29 is 4.79 Å². The molecule has 0 radical (unpaired) electrons. The van der Waals surface area contributed by atoms with E-state index in [0.717, 1.165) is 18.8 Å². The molecule has 2 atom stereocenters. The fourth-order valence-corrected chi connectivity index (χ4v) is 2.99. The molecule has 1 aromatic rings. The van der Waals surface area contributed by atoms with Crippen LogP contribution in [-0.4, -0.2) is 21.7 Å². The zero-order valence-electron chi connectivity index (χ0n) is 12.1. The van der Waals surface area contributed by atoms with Crippen LogP contribution in [0, 0.1) is 12.8 Å². The van der Waals surface area contributed by atoms with E-state index < -0.39 is 0 Å². The van der Waals surface area contributed by atoms with E-state index in [2.05, 4.69) is 17.3 Å². The van der Waals surface area contributed by atoms with Crippen molar-refractivity contribution in [3.05, 3.63) is 11.4 Å². The van der Waals surface area contributed by atoms with Gasteiger partial charge in [0.05, 0.1) is 11.4 Å². The molecular weight excluding hydrogens is 240 g/mol. The van der Waals surface area contributed by atoms with E-state index in [1.807, 2.05) is 6.92 Å². The van der Waals surface area contributed by atoms with Gasteiger partial charge in [0.25, 0.3) is 5.91 Å². The van der Waals surface area contributed by atoms with E-state index >= 15 is 0 Å². The number of nitrogens with zero attached hydrogens (tertiary/aromatic N) is 2. The van der Waals surface area contributed by atoms with Crippen LogP contribution in [0.5, 0.6) is 0 Å². The summed E-state index contributed by atoms with van der Waals surface area (Å²) in [7, 11) is 1.76. The van der Waals surface area contributed by atoms with Crippen molar-refractivity contribution >= 4 is 11.6 Å². The SMILES string of the molecule is CCC1CCCC(NC(=O)c2c(N)c(C)nn2C)C1. The monoisotopic (exact) mass is 264 g/mol. The number of hydrogen-bond acceptors (Lipinski definition) is 3. The number of anilines is 1. The molecule has 0 spiro atoms. The lowest BCUT2D eigenvalue weighted by Gasteiger charge is -2.29. The minimum absolute atomic E-state index is 0.0950. The van der Waals surface area contributed by atoms with Gasteiger partial charge in [-0.2, -0.15) is 5.10 Å². The van der Waals surface area contributed by atoms with Gasteiger partial charge in [0, 0.05) is 13.1 Å². The first kappa shape index (κ1) is 13.9. The number of aromatic nitrogens is 2. The van der Waals surface area contributed by atoms with E-state index in [9.17, 15) is 4.79 Å². The van der Waals surface area contributed by atoms with Crippen LogP contribution in [0.15, 0.2) is 0 Å². The van der Waals surface area contributed by atoms with Gasteiger partial charge in [-0.05, 0) is 25.7 Å². The summed E-state index contributed by atoms with van der Waals surface area (Å²) in [6, 6.07) is 0.279. The van der Waals surface area contributed by atoms with Crippen LogP contribution in [0.3, 0.4) is 0 Å². The van der Waals surface area contributed by atoms with Crippen LogP contribution in [0.1, 0.15) is 55.2 Å². The minimum Gasteiger partial charge on any atom is -0.395 e. The zero-order chi connectivity index (χ0) is 14.0. The standard InChI is InChI=1S/C14H24N4O/c1-4-10-6-5-7-11(8-10)16-14(19)13-12(15)9(2)17-18(13)3/h10-11H,4-8,15H2,1-3H3,(H,16,19). The number of nitrogens with one attached hydrogen (secondary N) is 1. The Hall–Kier alpha value is -1.52. The molecule has 0 saturated heterocycles. The van der Waals surface area contributed by atoms with Crippen LogP contribution in [-0.2, 0) is 7.05 Å². The molecule has 2 unspecified atom stereocenters. The Balaban J connectivity index is 2.04. The van der Waals surface area contributed by atoms with Gasteiger partial charge in [0.1, 0.15) is 5.69 Å². The predicted octanol–water partition coefficient (Wildman–Crippen LogP) is 2.01. The maximum absolute atomic E-state index is 12.3. The van der Waals surface area contributed by atoms with Crippen molar-refractivity contribution in [1.82, 2.24) is 15.1 Å². The van der Waals surface area contributed by atoms with E-state index in [4.69, 9.17) is 5.73 Å². The highest BCUT2D eigenvalue weighted by atomic mass is 16.2. The topological polar surface area (TPSA) is 72.9 Å². The van der Waals surface area contributed by atoms with Crippen molar-refractivity contribution in [2.24, 2.45) is 13.0 Å². The highest BCUT2D eigenvalue weighted by Gasteiger charge is 2.25. The number of rotatable bonds is 3. The molecule has 2 rings (SSSR count). The van der Waals surface area contributed by atoms with Gasteiger partial charge in [-0.25, -0.2) is 0 Å². The van der Waals surface area contributed by atoms with Gasteiger partial charge in [0.15, 0.2) is 0 Å². The van der Waals surface area contributed by atoms with E-state index in [0.29, 0.717) is 17.1 Å². The maximum atomic E-state index is 12.3. The molecule has 1 saturated carbocycles. The number of nitrogens with two attached hydrogens (primary N) is 1. The Bertz CT molecular complexity index is 466. The largest absolute Gasteiger partial charge is 0.395 e. The lowest BCUT2D eigenvalue weighted by atomic mass is 9.84. The number of amides is 1. The fraction of sp³-hybridized carbons (Fsp3) is 0.714. The number of hydrogen-bond donors (Lipinski definition) is 2. The van der Waals surface area contributed by atoms with Gasteiger partial charge in [-0.3, -0.25) is 9.48 Å². The Morgan fingerprint density at radius 3 is 2.84 bits per heavy atom. The third-order valence-electron chi connectivity index (χ3n) is 4.18. The summed E-state index contributed by atoms with van der Waals surface area (Å²) in [5.41, 5.74) is 7.60. The lowest BCUT2D eigenvalue weighted by molar-refractivity contribution is 0.0910. The number of carbonyl (C=O) groups excluding carboxylic acids is 1. The first-order chi connectivity index (χ1) is 9.02. The van der Waals surface area contributed by atoms with Gasteiger partial charge in [0.2, 0.25) is 0 Å². The number of carbonyl (C=O) groups is 1. The van der Waals surface area contributed by atoms with E-state index in [1.54, 1.807) is 11.7 Å².